The maximum atomic E-state index is 13.7. The van der Waals surface area contributed by atoms with Gasteiger partial charge in [-0.15, -0.1) is 0 Å². The van der Waals surface area contributed by atoms with Gasteiger partial charge >= 0.3 is 0 Å². The van der Waals surface area contributed by atoms with Crippen LogP contribution in [0.5, 0.6) is 17.2 Å². The molecule has 1 fully saturated rings. The number of ether oxygens (including phenoxy) is 3. The first-order valence-electron chi connectivity index (χ1n) is 13.1. The van der Waals surface area contributed by atoms with Crippen LogP contribution < -0.4 is 4.74 Å². The highest BCUT2D eigenvalue weighted by atomic mass is 16.7. The van der Waals surface area contributed by atoms with Crippen LogP contribution in [0.3, 0.4) is 0 Å². The molecule has 2 aromatic rings. The number of fused-ring (bicyclic) bond motifs is 3. The molecule has 11 heteroatoms. The normalized spacial score (nSPS) is 29.6. The summed E-state index contributed by atoms with van der Waals surface area (Å²) in [5.74, 6) is -3.08. The van der Waals surface area contributed by atoms with Crippen molar-refractivity contribution in [1.29, 1.82) is 0 Å². The molecule has 0 bridgehead atoms. The Morgan fingerprint density at radius 1 is 1.10 bits per heavy atom. The lowest BCUT2D eigenvalue weighted by Crippen LogP contribution is -2.54. The van der Waals surface area contributed by atoms with E-state index in [1.165, 1.54) is 32.2 Å². The van der Waals surface area contributed by atoms with Crippen LogP contribution in [0.1, 0.15) is 75.8 Å². The van der Waals surface area contributed by atoms with Crippen molar-refractivity contribution in [2.24, 2.45) is 0 Å². The summed E-state index contributed by atoms with van der Waals surface area (Å²) in [6.07, 6.45) is -4.02. The summed E-state index contributed by atoms with van der Waals surface area (Å²) in [4.78, 5) is 41.7. The first kappa shape index (κ1) is 28.2. The number of phenolic OH excluding ortho intramolecular Hbond substituents is 2. The summed E-state index contributed by atoms with van der Waals surface area (Å²) in [5, 5.41) is 44.9. The van der Waals surface area contributed by atoms with Gasteiger partial charge in [-0.1, -0.05) is 12.1 Å². The molecule has 0 saturated carbocycles. The van der Waals surface area contributed by atoms with Crippen LogP contribution in [0.25, 0.3) is 0 Å². The predicted octanol–water partition coefficient (Wildman–Crippen LogP) is 1.63. The van der Waals surface area contributed by atoms with E-state index in [4.69, 9.17) is 14.2 Å². The van der Waals surface area contributed by atoms with E-state index in [0.29, 0.717) is 0 Å². The number of rotatable bonds is 5. The second-order valence-electron chi connectivity index (χ2n) is 11.0. The maximum Gasteiger partial charge on any atom is 0.202 e. The van der Waals surface area contributed by atoms with Gasteiger partial charge in [0.2, 0.25) is 5.78 Å². The Labute approximate surface area is 230 Å². The van der Waals surface area contributed by atoms with E-state index in [1.807, 2.05) is 4.90 Å². The van der Waals surface area contributed by atoms with E-state index in [2.05, 4.69) is 0 Å². The molecule has 6 atom stereocenters. The smallest absolute Gasteiger partial charge is 0.202 e. The van der Waals surface area contributed by atoms with Gasteiger partial charge in [0.05, 0.1) is 42.1 Å². The molecule has 0 radical (unpaired) electrons. The third-order valence-corrected chi connectivity index (χ3v) is 8.39. The number of aliphatic hydroxyl groups is 2. The third-order valence-electron chi connectivity index (χ3n) is 8.39. The number of methoxy groups -OCH3 is 1. The minimum absolute atomic E-state index is 0.00480. The lowest BCUT2D eigenvalue weighted by Gasteiger charge is -2.44. The van der Waals surface area contributed by atoms with Gasteiger partial charge in [-0.3, -0.25) is 14.4 Å². The summed E-state index contributed by atoms with van der Waals surface area (Å²) in [6, 6.07) is 4.13. The molecule has 2 aliphatic carbocycles. The number of likely N-dealkylation sites (N-methyl/N-ethyl adjacent to an activating group) is 1. The average Bonchev–Trinajstić information content (AvgIpc) is 2.90. The van der Waals surface area contributed by atoms with Gasteiger partial charge in [-0.25, -0.2) is 0 Å². The Morgan fingerprint density at radius 2 is 1.77 bits per heavy atom. The molecule has 4 N–H and O–H groups in total. The van der Waals surface area contributed by atoms with Crippen LogP contribution in [0.2, 0.25) is 0 Å². The monoisotopic (exact) mass is 555 g/mol. The quantitative estimate of drug-likeness (QED) is 0.339. The molecule has 0 amide bonds. The highest BCUT2D eigenvalue weighted by Crippen LogP contribution is 2.52. The first-order chi connectivity index (χ1) is 18.8. The van der Waals surface area contributed by atoms with Crippen molar-refractivity contribution in [3.05, 3.63) is 51.6 Å². The molecule has 1 heterocycles. The van der Waals surface area contributed by atoms with Gasteiger partial charge < -0.3 is 39.5 Å². The Kier molecular flexibility index (Phi) is 7.00. The summed E-state index contributed by atoms with van der Waals surface area (Å²) in [6.45, 7) is 2.89. The maximum absolute atomic E-state index is 13.7. The summed E-state index contributed by atoms with van der Waals surface area (Å²) in [7, 11) is 4.96. The molecule has 4 unspecified atom stereocenters. The molecule has 40 heavy (non-hydrogen) atoms. The van der Waals surface area contributed by atoms with Crippen LogP contribution in [0.15, 0.2) is 18.2 Å². The van der Waals surface area contributed by atoms with Gasteiger partial charge in [0.25, 0.3) is 0 Å². The number of hydrogen-bond donors (Lipinski definition) is 4. The van der Waals surface area contributed by atoms with E-state index >= 15 is 0 Å². The van der Waals surface area contributed by atoms with Crippen LogP contribution in [-0.2, 0) is 20.7 Å². The minimum atomic E-state index is -1.99. The zero-order valence-electron chi connectivity index (χ0n) is 22.9. The molecule has 214 valence electrons. The topological polar surface area (TPSA) is 163 Å². The molecule has 0 spiro atoms. The van der Waals surface area contributed by atoms with E-state index in [-0.39, 0.29) is 46.9 Å². The number of nitrogens with zero attached hydrogens (tertiary/aromatic N) is 1. The van der Waals surface area contributed by atoms with E-state index < -0.39 is 76.6 Å². The molecule has 2 aromatic carbocycles. The summed E-state index contributed by atoms with van der Waals surface area (Å²) >= 11 is 0. The van der Waals surface area contributed by atoms with E-state index in [0.717, 1.165) is 0 Å². The number of benzene rings is 2. The number of ketones is 3. The van der Waals surface area contributed by atoms with Crippen LogP contribution in [0.4, 0.5) is 0 Å². The highest BCUT2D eigenvalue weighted by molar-refractivity contribution is 6.31. The Morgan fingerprint density at radius 3 is 2.40 bits per heavy atom. The Balaban J connectivity index is 1.66. The number of hydrogen-bond acceptors (Lipinski definition) is 11. The van der Waals surface area contributed by atoms with Crippen LogP contribution >= 0.6 is 0 Å². The van der Waals surface area contributed by atoms with Crippen LogP contribution in [0, 0.1) is 0 Å². The number of Topliss-reactive ketones (excluding diaryl/α,β-unsaturated/α-hetero) is 1. The molecule has 1 aliphatic heterocycles. The van der Waals surface area contributed by atoms with E-state index in [1.54, 1.807) is 21.0 Å². The van der Waals surface area contributed by atoms with Gasteiger partial charge in [0, 0.05) is 42.0 Å². The van der Waals surface area contributed by atoms with Crippen molar-refractivity contribution in [3.8, 4) is 17.2 Å². The third kappa shape index (κ3) is 4.20. The fourth-order valence-corrected chi connectivity index (χ4v) is 6.11. The van der Waals surface area contributed by atoms with Gasteiger partial charge in [-0.2, -0.15) is 0 Å². The number of aliphatic hydroxyl groups excluding tert-OH is 1. The second-order valence-corrected chi connectivity index (χ2v) is 11.0. The van der Waals surface area contributed by atoms with Gasteiger partial charge in [0.1, 0.15) is 22.8 Å². The van der Waals surface area contributed by atoms with Crippen molar-refractivity contribution in [2.45, 2.75) is 69.4 Å². The molecular weight excluding hydrogens is 522 g/mol. The number of phenols is 2. The molecule has 5 rings (SSSR count). The summed E-state index contributed by atoms with van der Waals surface area (Å²) < 4.78 is 17.4. The Bertz CT molecular complexity index is 1420. The number of carbonyl (C=O) groups is 3. The fourth-order valence-electron chi connectivity index (χ4n) is 6.11. The number of aromatic hydroxyl groups is 2. The standard InChI is InChI=1S/C29H33NO10/c1-12-24(32)16(30(3)4)9-19(39-12)40-18-11-29(37,13(2)31)10-15-21(18)28(36)23-22(26(15)34)25(33)14-7-6-8-17(38-5)20(14)27(23)35/h6-8,12,16,18-19,24,32,34,36-37H,9-11H2,1-5H3/t12?,16?,18-,19?,24?,29-/m0/s1. The SMILES string of the molecule is COc1cccc2c1C(=O)c1c(O)c3c(c(O)c1C2=O)C[C@@](O)(C(C)=O)C[C@@H]3OC1CC(N(C)C)C(O)C(C)O1. The predicted molar refractivity (Wildman–Crippen MR) is 140 cm³/mol. The lowest BCUT2D eigenvalue weighted by molar-refractivity contribution is -0.256. The number of carbonyl (C=O) groups excluding carboxylic acids is 3. The average molecular weight is 556 g/mol. The van der Waals surface area contributed by atoms with Crippen LogP contribution in [-0.4, -0.2) is 94.0 Å². The second kappa shape index (κ2) is 9.93. The zero-order chi connectivity index (χ0) is 29.3. The molecule has 11 nitrogen and oxygen atoms in total. The first-order valence-corrected chi connectivity index (χ1v) is 13.1. The molecule has 1 saturated heterocycles. The van der Waals surface area contributed by atoms with Gasteiger partial charge in [0.15, 0.2) is 17.9 Å². The van der Waals surface area contributed by atoms with Crippen molar-refractivity contribution in [1.82, 2.24) is 4.90 Å². The fraction of sp³-hybridized carbons (Fsp3) is 0.483. The molecule has 0 aromatic heterocycles. The zero-order valence-corrected chi connectivity index (χ0v) is 22.9. The molecule has 3 aliphatic rings. The highest BCUT2D eigenvalue weighted by Gasteiger charge is 2.49. The van der Waals surface area contributed by atoms with E-state index in [9.17, 15) is 34.8 Å². The van der Waals surface area contributed by atoms with Crippen molar-refractivity contribution in [3.63, 3.8) is 0 Å². The van der Waals surface area contributed by atoms with Crippen molar-refractivity contribution >= 4 is 17.3 Å². The largest absolute Gasteiger partial charge is 0.507 e. The van der Waals surface area contributed by atoms with Crippen molar-refractivity contribution in [2.75, 3.05) is 21.2 Å². The minimum Gasteiger partial charge on any atom is -0.507 e. The lowest BCUT2D eigenvalue weighted by atomic mass is 9.72. The summed E-state index contributed by atoms with van der Waals surface area (Å²) in [5.41, 5.74) is -2.92. The molecular formula is C29H33NO10. The van der Waals surface area contributed by atoms with Gasteiger partial charge in [-0.05, 0) is 34.0 Å². The Hall–Kier alpha value is -3.35. The van der Waals surface area contributed by atoms with Crippen molar-refractivity contribution < 1.29 is 49.0 Å².